The molecule has 2 aromatic rings. The van der Waals surface area contributed by atoms with Crippen LogP contribution in [0.2, 0.25) is 18.1 Å². The van der Waals surface area contributed by atoms with Crippen LogP contribution in [0.4, 0.5) is 0 Å². The van der Waals surface area contributed by atoms with Crippen LogP contribution in [0.3, 0.4) is 0 Å². The molecule has 0 bridgehead atoms. The zero-order chi connectivity index (χ0) is 42.3. The van der Waals surface area contributed by atoms with Gasteiger partial charge in [0.2, 0.25) is 0 Å². The van der Waals surface area contributed by atoms with Crippen molar-refractivity contribution in [3.63, 3.8) is 0 Å². The molecule has 3 saturated heterocycles. The highest BCUT2D eigenvalue weighted by Crippen LogP contribution is 2.46. The van der Waals surface area contributed by atoms with Crippen molar-refractivity contribution < 1.29 is 47.1 Å². The van der Waals surface area contributed by atoms with Gasteiger partial charge in [-0.1, -0.05) is 95.3 Å². The van der Waals surface area contributed by atoms with E-state index in [1.807, 2.05) is 64.1 Å². The van der Waals surface area contributed by atoms with Gasteiger partial charge >= 0.3 is 0 Å². The van der Waals surface area contributed by atoms with Crippen LogP contribution >= 0.6 is 0 Å². The fourth-order valence-electron chi connectivity index (χ4n) is 8.09. The molecule has 2 aromatic carbocycles. The van der Waals surface area contributed by atoms with Crippen LogP contribution in [0.1, 0.15) is 112 Å². The number of ether oxygens (including phenoxy) is 8. The monoisotopic (exact) mass is 827 g/mol. The van der Waals surface area contributed by atoms with E-state index in [2.05, 4.69) is 72.0 Å². The Bertz CT molecular complexity index is 1550. The molecule has 3 heterocycles. The minimum atomic E-state index is -2.16. The Morgan fingerprint density at radius 2 is 1.38 bits per heavy atom. The number of ketones is 1. The summed E-state index contributed by atoms with van der Waals surface area (Å²) in [6.45, 7) is 25.1. The standard InChI is InChI=1S/C47H74O10Si/c1-32(23-24-36(48)25-26-38(49-10)42-43(55-46(6,7)54-42)40-33(2)41-44(52-40)56-47(8,9)53-41)39(57-58(11,12)45(3,4)5)29-37(51-31-35-21-17-14-18-22-35)27-28-50-30-34-19-15-13-16-20-34/h13-22,32-33,37-44H,23-31H2,1-12H3/t32-,33+,37-,38-,39+,40-,41+,42-,43-,44+/m0/s1. The normalized spacial score (nSPS) is 27.6. The van der Waals surface area contributed by atoms with Crippen LogP contribution in [-0.4, -0.2) is 88.4 Å². The van der Waals surface area contributed by atoms with Gasteiger partial charge in [-0.3, -0.25) is 4.79 Å². The van der Waals surface area contributed by atoms with Crippen LogP contribution < -0.4 is 0 Å². The van der Waals surface area contributed by atoms with Crippen molar-refractivity contribution in [1.82, 2.24) is 0 Å². The van der Waals surface area contributed by atoms with Crippen molar-refractivity contribution in [2.75, 3.05) is 13.7 Å². The van der Waals surface area contributed by atoms with Gasteiger partial charge in [0.15, 0.2) is 26.2 Å². The van der Waals surface area contributed by atoms with E-state index in [0.717, 1.165) is 30.4 Å². The molecular formula is C47H74O10Si. The molecule has 0 N–H and O–H groups in total. The van der Waals surface area contributed by atoms with Gasteiger partial charge in [0.25, 0.3) is 0 Å². The lowest BCUT2D eigenvalue weighted by molar-refractivity contribution is -0.226. The number of Topliss-reactive ketones (excluding diaryl/α,β-unsaturated/α-hetero) is 1. The van der Waals surface area contributed by atoms with Crippen LogP contribution in [-0.2, 0) is 60.3 Å². The maximum absolute atomic E-state index is 13.7. The Morgan fingerprint density at radius 1 is 0.793 bits per heavy atom. The Balaban J connectivity index is 1.20. The lowest BCUT2D eigenvalue weighted by Crippen LogP contribution is -2.46. The fraction of sp³-hybridized carbons (Fsp3) is 0.723. The van der Waals surface area contributed by atoms with E-state index in [1.54, 1.807) is 7.11 Å². The summed E-state index contributed by atoms with van der Waals surface area (Å²) >= 11 is 0. The zero-order valence-electron chi connectivity index (χ0n) is 37.5. The number of fused-ring (bicyclic) bond motifs is 1. The van der Waals surface area contributed by atoms with Crippen molar-refractivity contribution in [2.45, 2.75) is 193 Å². The van der Waals surface area contributed by atoms with Crippen molar-refractivity contribution in [3.05, 3.63) is 71.8 Å². The third-order valence-electron chi connectivity index (χ3n) is 12.6. The SMILES string of the molecule is CO[C@@H](CCC(=O)CC[C@H](C)[C@@H](C[C@H](CCOCc1ccccc1)OCc1ccccc1)O[Si](C)(C)C(C)(C)C)[C@@H]1OC(C)(C)O[C@H]1[C@H]1O[C@@H]2OC(C)(C)O[C@@H]2[C@@H]1C. The molecule has 10 atom stereocenters. The predicted molar refractivity (Wildman–Crippen MR) is 228 cm³/mol. The molecule has 0 saturated carbocycles. The highest BCUT2D eigenvalue weighted by molar-refractivity contribution is 6.74. The van der Waals surface area contributed by atoms with Gasteiger partial charge < -0.3 is 42.3 Å². The van der Waals surface area contributed by atoms with E-state index in [1.165, 1.54) is 0 Å². The Kier molecular flexibility index (Phi) is 16.4. The molecule has 0 spiro atoms. The molecule has 10 nitrogen and oxygen atoms in total. The van der Waals surface area contributed by atoms with Gasteiger partial charge in [0.1, 0.15) is 24.1 Å². The largest absolute Gasteiger partial charge is 0.414 e. The third-order valence-corrected chi connectivity index (χ3v) is 17.1. The average Bonchev–Trinajstić information content (AvgIpc) is 3.76. The Hall–Kier alpha value is -2.03. The zero-order valence-corrected chi connectivity index (χ0v) is 38.5. The second-order valence-electron chi connectivity index (χ2n) is 19.3. The van der Waals surface area contributed by atoms with E-state index in [-0.39, 0.29) is 53.2 Å². The minimum absolute atomic E-state index is 0.0176. The molecular weight excluding hydrogens is 753 g/mol. The van der Waals surface area contributed by atoms with E-state index in [4.69, 9.17) is 42.3 Å². The number of hydrogen-bond acceptors (Lipinski definition) is 10. The second kappa shape index (κ2) is 20.2. The predicted octanol–water partition coefficient (Wildman–Crippen LogP) is 9.77. The summed E-state index contributed by atoms with van der Waals surface area (Å²) in [5.41, 5.74) is 2.29. The molecule has 0 aromatic heterocycles. The Morgan fingerprint density at radius 3 is 1.98 bits per heavy atom. The number of carbonyl (C=O) groups is 1. The van der Waals surface area contributed by atoms with Crippen LogP contribution in [0.5, 0.6) is 0 Å². The number of carbonyl (C=O) groups excluding carboxylic acids is 1. The van der Waals surface area contributed by atoms with Gasteiger partial charge in [-0.15, -0.1) is 0 Å². The molecule has 3 aliphatic rings. The first kappa shape index (κ1) is 47.0. The molecule has 0 radical (unpaired) electrons. The second-order valence-corrected chi connectivity index (χ2v) is 24.0. The quantitative estimate of drug-likeness (QED) is 0.0843. The van der Waals surface area contributed by atoms with Gasteiger partial charge in [0.05, 0.1) is 37.6 Å². The molecule has 0 amide bonds. The Labute approximate surface area is 350 Å². The summed E-state index contributed by atoms with van der Waals surface area (Å²) in [6, 6.07) is 20.6. The van der Waals surface area contributed by atoms with Crippen molar-refractivity contribution in [2.24, 2.45) is 11.8 Å². The maximum Gasteiger partial charge on any atom is 0.192 e. The number of methoxy groups -OCH3 is 1. The molecule has 0 aliphatic carbocycles. The summed E-state index contributed by atoms with van der Waals surface area (Å²) in [4.78, 5) is 13.7. The van der Waals surface area contributed by atoms with Gasteiger partial charge in [-0.25, -0.2) is 0 Å². The van der Waals surface area contributed by atoms with E-state index in [9.17, 15) is 4.79 Å². The van der Waals surface area contributed by atoms with Crippen LogP contribution in [0, 0.1) is 11.8 Å². The lowest BCUT2D eigenvalue weighted by Gasteiger charge is -2.42. The number of hydrogen-bond donors (Lipinski definition) is 0. The lowest BCUT2D eigenvalue weighted by atomic mass is 9.90. The maximum atomic E-state index is 13.7. The molecule has 3 aliphatic heterocycles. The van der Waals surface area contributed by atoms with Crippen LogP contribution in [0.15, 0.2) is 60.7 Å². The smallest absolute Gasteiger partial charge is 0.192 e. The summed E-state index contributed by atoms with van der Waals surface area (Å²) in [6.07, 6.45) is 1.24. The van der Waals surface area contributed by atoms with E-state index >= 15 is 0 Å². The molecule has 326 valence electrons. The summed E-state index contributed by atoms with van der Waals surface area (Å²) in [5, 5.41) is 0.0321. The minimum Gasteiger partial charge on any atom is -0.414 e. The molecule has 3 fully saturated rings. The summed E-state index contributed by atoms with van der Waals surface area (Å²) in [5.74, 6) is -1.17. The summed E-state index contributed by atoms with van der Waals surface area (Å²) < 4.78 is 57.6. The first-order chi connectivity index (χ1) is 27.3. The number of rotatable bonds is 22. The fourth-order valence-corrected chi connectivity index (χ4v) is 9.52. The number of benzene rings is 2. The van der Waals surface area contributed by atoms with Crippen LogP contribution in [0.25, 0.3) is 0 Å². The highest BCUT2D eigenvalue weighted by Gasteiger charge is 2.59. The average molecular weight is 827 g/mol. The third kappa shape index (κ3) is 13.0. The molecule has 0 unspecified atom stereocenters. The molecule has 11 heteroatoms. The van der Waals surface area contributed by atoms with Crippen molar-refractivity contribution in [1.29, 1.82) is 0 Å². The van der Waals surface area contributed by atoms with E-state index in [0.29, 0.717) is 39.1 Å². The van der Waals surface area contributed by atoms with Gasteiger partial charge in [-0.05, 0) is 88.6 Å². The molecule has 5 rings (SSSR count). The van der Waals surface area contributed by atoms with Gasteiger partial charge in [-0.2, -0.15) is 0 Å². The molecule has 58 heavy (non-hydrogen) atoms. The van der Waals surface area contributed by atoms with E-state index < -0.39 is 38.4 Å². The highest BCUT2D eigenvalue weighted by atomic mass is 28.4. The topological polar surface area (TPSA) is 100 Å². The van der Waals surface area contributed by atoms with Crippen molar-refractivity contribution >= 4 is 14.1 Å². The van der Waals surface area contributed by atoms with Crippen molar-refractivity contribution in [3.8, 4) is 0 Å². The first-order valence-electron chi connectivity index (χ1n) is 21.6. The summed E-state index contributed by atoms with van der Waals surface area (Å²) in [7, 11) is -0.485. The first-order valence-corrected chi connectivity index (χ1v) is 24.5. The van der Waals surface area contributed by atoms with Gasteiger partial charge in [0, 0.05) is 32.5 Å².